The lowest BCUT2D eigenvalue weighted by molar-refractivity contribution is -0.0537. The summed E-state index contributed by atoms with van der Waals surface area (Å²) in [4.78, 5) is 2.42. The van der Waals surface area contributed by atoms with Crippen LogP contribution < -0.4 is 4.74 Å². The molecule has 2 aliphatic rings. The summed E-state index contributed by atoms with van der Waals surface area (Å²) >= 11 is 0. The first-order chi connectivity index (χ1) is 12.2. The van der Waals surface area contributed by atoms with Crippen LogP contribution in [-0.2, 0) is 19.4 Å². The topological polar surface area (TPSA) is 32.7 Å². The second kappa shape index (κ2) is 7.19. The molecule has 1 heterocycles. The maximum Gasteiger partial charge on any atom is 0.119 e. The summed E-state index contributed by atoms with van der Waals surface area (Å²) in [7, 11) is 0. The third-order valence-corrected chi connectivity index (χ3v) is 5.61. The maximum absolute atomic E-state index is 10.9. The quantitative estimate of drug-likeness (QED) is 0.905. The van der Waals surface area contributed by atoms with Crippen molar-refractivity contribution >= 4 is 0 Å². The molecule has 1 fully saturated rings. The molecule has 1 saturated heterocycles. The van der Waals surface area contributed by atoms with Gasteiger partial charge in [0.05, 0.1) is 0 Å². The number of fused-ring (bicyclic) bond motifs is 1. The van der Waals surface area contributed by atoms with Crippen LogP contribution in [0.1, 0.15) is 36.0 Å². The van der Waals surface area contributed by atoms with E-state index in [1.54, 1.807) is 0 Å². The zero-order valence-electron chi connectivity index (χ0n) is 14.8. The second-order valence-electron chi connectivity index (χ2n) is 7.56. The van der Waals surface area contributed by atoms with Crippen LogP contribution in [0.2, 0.25) is 0 Å². The van der Waals surface area contributed by atoms with Gasteiger partial charge >= 0.3 is 0 Å². The van der Waals surface area contributed by atoms with Crippen molar-refractivity contribution in [1.82, 2.24) is 4.90 Å². The number of ether oxygens (including phenoxy) is 1. The monoisotopic (exact) mass is 337 g/mol. The van der Waals surface area contributed by atoms with E-state index >= 15 is 0 Å². The Balaban J connectivity index is 1.29. The fraction of sp³-hybridized carbons (Fsp3) is 0.455. The fourth-order valence-corrected chi connectivity index (χ4v) is 3.97. The van der Waals surface area contributed by atoms with Gasteiger partial charge in [0.15, 0.2) is 0 Å². The molecule has 0 bridgehead atoms. The Morgan fingerprint density at radius 3 is 2.52 bits per heavy atom. The molecule has 2 aromatic carbocycles. The highest BCUT2D eigenvalue weighted by Crippen LogP contribution is 2.28. The lowest BCUT2D eigenvalue weighted by atomic mass is 9.92. The summed E-state index contributed by atoms with van der Waals surface area (Å²) in [5, 5.41) is 10.9. The van der Waals surface area contributed by atoms with Gasteiger partial charge in [-0.3, -0.25) is 4.90 Å². The van der Waals surface area contributed by atoms with Gasteiger partial charge in [0.25, 0.3) is 0 Å². The van der Waals surface area contributed by atoms with Crippen LogP contribution in [0.5, 0.6) is 5.75 Å². The van der Waals surface area contributed by atoms with Crippen LogP contribution in [0, 0.1) is 0 Å². The number of aryl methyl sites for hydroxylation is 2. The highest BCUT2D eigenvalue weighted by molar-refractivity contribution is 5.38. The number of nitrogens with zero attached hydrogens (tertiary/aromatic N) is 1. The molecule has 3 heteroatoms. The SMILES string of the molecule is OC1(COc2ccc3c(c2)CCC3)CCN(Cc2ccccc2)CC1. The third-order valence-electron chi connectivity index (χ3n) is 5.61. The largest absolute Gasteiger partial charge is 0.491 e. The average molecular weight is 337 g/mol. The van der Waals surface area contributed by atoms with Crippen molar-refractivity contribution in [3.8, 4) is 5.75 Å². The van der Waals surface area contributed by atoms with E-state index in [4.69, 9.17) is 4.74 Å². The summed E-state index contributed by atoms with van der Waals surface area (Å²) in [6.45, 7) is 3.19. The summed E-state index contributed by atoms with van der Waals surface area (Å²) < 4.78 is 5.96. The molecule has 25 heavy (non-hydrogen) atoms. The van der Waals surface area contributed by atoms with Crippen molar-refractivity contribution in [1.29, 1.82) is 0 Å². The van der Waals surface area contributed by atoms with Crippen molar-refractivity contribution in [2.45, 2.75) is 44.2 Å². The minimum atomic E-state index is -0.702. The highest BCUT2D eigenvalue weighted by atomic mass is 16.5. The van der Waals surface area contributed by atoms with Crippen molar-refractivity contribution in [2.75, 3.05) is 19.7 Å². The molecule has 0 amide bonds. The van der Waals surface area contributed by atoms with Gasteiger partial charge in [-0.25, -0.2) is 0 Å². The molecule has 3 nitrogen and oxygen atoms in total. The van der Waals surface area contributed by atoms with Crippen molar-refractivity contribution in [3.05, 3.63) is 65.2 Å². The van der Waals surface area contributed by atoms with E-state index in [1.165, 1.54) is 29.5 Å². The molecular weight excluding hydrogens is 310 g/mol. The van der Waals surface area contributed by atoms with E-state index in [1.807, 2.05) is 0 Å². The normalized spacial score (nSPS) is 19.6. The number of benzene rings is 2. The van der Waals surface area contributed by atoms with Crippen molar-refractivity contribution in [3.63, 3.8) is 0 Å². The number of aliphatic hydroxyl groups is 1. The molecular formula is C22H27NO2. The maximum atomic E-state index is 10.9. The Morgan fingerprint density at radius 2 is 1.72 bits per heavy atom. The van der Waals surface area contributed by atoms with Gasteiger partial charge in [-0.15, -0.1) is 0 Å². The molecule has 0 saturated carbocycles. The predicted molar refractivity (Wildman–Crippen MR) is 99.9 cm³/mol. The van der Waals surface area contributed by atoms with Gasteiger partial charge in [-0.1, -0.05) is 36.4 Å². The Kier molecular flexibility index (Phi) is 4.78. The number of rotatable bonds is 5. The number of hydrogen-bond donors (Lipinski definition) is 1. The summed E-state index contributed by atoms with van der Waals surface area (Å²) in [6, 6.07) is 16.9. The first kappa shape index (κ1) is 16.6. The smallest absolute Gasteiger partial charge is 0.119 e. The zero-order chi connectivity index (χ0) is 17.1. The summed E-state index contributed by atoms with van der Waals surface area (Å²) in [5.74, 6) is 0.904. The lowest BCUT2D eigenvalue weighted by Gasteiger charge is -2.38. The Labute approximate surface area is 150 Å². The molecule has 132 valence electrons. The fourth-order valence-electron chi connectivity index (χ4n) is 3.97. The molecule has 1 aliphatic heterocycles. The van der Waals surface area contributed by atoms with Gasteiger partial charge in [0.2, 0.25) is 0 Å². The lowest BCUT2D eigenvalue weighted by Crippen LogP contribution is -2.47. The van der Waals surface area contributed by atoms with Crippen LogP contribution in [0.4, 0.5) is 0 Å². The second-order valence-corrected chi connectivity index (χ2v) is 7.56. The molecule has 1 N–H and O–H groups in total. The first-order valence-corrected chi connectivity index (χ1v) is 9.44. The predicted octanol–water partition coefficient (Wildman–Crippen LogP) is 3.58. The van der Waals surface area contributed by atoms with Gasteiger partial charge < -0.3 is 9.84 Å². The van der Waals surface area contributed by atoms with E-state index in [-0.39, 0.29) is 0 Å². The highest BCUT2D eigenvalue weighted by Gasteiger charge is 2.33. The van der Waals surface area contributed by atoms with Crippen molar-refractivity contribution < 1.29 is 9.84 Å². The minimum Gasteiger partial charge on any atom is -0.491 e. The Hall–Kier alpha value is -1.84. The molecule has 0 unspecified atom stereocenters. The van der Waals surface area contributed by atoms with Gasteiger partial charge in [0.1, 0.15) is 18.0 Å². The molecule has 4 rings (SSSR count). The van der Waals surface area contributed by atoms with E-state index in [0.29, 0.717) is 6.61 Å². The zero-order valence-corrected chi connectivity index (χ0v) is 14.8. The Bertz CT molecular complexity index is 705. The molecule has 1 aliphatic carbocycles. The molecule has 0 radical (unpaired) electrons. The van der Waals surface area contributed by atoms with Crippen LogP contribution in [0.3, 0.4) is 0 Å². The molecule has 0 spiro atoms. The van der Waals surface area contributed by atoms with E-state index < -0.39 is 5.60 Å². The molecule has 0 aromatic heterocycles. The number of hydrogen-bond acceptors (Lipinski definition) is 3. The average Bonchev–Trinajstić information content (AvgIpc) is 3.11. The number of piperidine rings is 1. The van der Waals surface area contributed by atoms with Gasteiger partial charge in [-0.2, -0.15) is 0 Å². The standard InChI is InChI=1S/C22H27NO2/c24-22(17-25-21-10-9-19-7-4-8-20(19)15-21)11-13-23(14-12-22)16-18-5-2-1-3-6-18/h1-3,5-6,9-10,15,24H,4,7-8,11-14,16-17H2. The number of likely N-dealkylation sites (tertiary alicyclic amines) is 1. The van der Waals surface area contributed by atoms with Crippen LogP contribution in [0.25, 0.3) is 0 Å². The summed E-state index contributed by atoms with van der Waals surface area (Å²) in [6.07, 6.45) is 5.14. The van der Waals surface area contributed by atoms with Crippen LogP contribution in [0.15, 0.2) is 48.5 Å². The molecule has 0 atom stereocenters. The third kappa shape index (κ3) is 4.05. The van der Waals surface area contributed by atoms with E-state index in [0.717, 1.165) is 44.6 Å². The van der Waals surface area contributed by atoms with Crippen LogP contribution >= 0.6 is 0 Å². The first-order valence-electron chi connectivity index (χ1n) is 9.44. The minimum absolute atomic E-state index is 0.394. The van der Waals surface area contributed by atoms with Crippen LogP contribution in [-0.4, -0.2) is 35.3 Å². The van der Waals surface area contributed by atoms with E-state index in [9.17, 15) is 5.11 Å². The van der Waals surface area contributed by atoms with Gasteiger partial charge in [0, 0.05) is 19.6 Å². The summed E-state index contributed by atoms with van der Waals surface area (Å²) in [5.41, 5.74) is 3.51. The van der Waals surface area contributed by atoms with E-state index in [2.05, 4.69) is 53.4 Å². The molecule has 2 aromatic rings. The Morgan fingerprint density at radius 1 is 0.960 bits per heavy atom. The van der Waals surface area contributed by atoms with Gasteiger partial charge in [-0.05, 0) is 60.9 Å². The van der Waals surface area contributed by atoms with Crippen molar-refractivity contribution in [2.24, 2.45) is 0 Å².